The molecule has 5 aromatic rings. The van der Waals surface area contributed by atoms with Crippen molar-refractivity contribution >= 4 is 28.5 Å². The van der Waals surface area contributed by atoms with E-state index >= 15 is 4.39 Å². The van der Waals surface area contributed by atoms with Gasteiger partial charge < -0.3 is 30.3 Å². The number of carbonyl (C=O) groups is 2. The van der Waals surface area contributed by atoms with Gasteiger partial charge in [0.15, 0.2) is 5.65 Å². The normalized spacial score (nSPS) is 18.1. The fourth-order valence-corrected chi connectivity index (χ4v) is 8.91. The number of nitrogens with one attached hydrogen (secondary N) is 3. The molecule has 3 fully saturated rings. The van der Waals surface area contributed by atoms with Gasteiger partial charge in [0.1, 0.15) is 5.82 Å². The van der Waals surface area contributed by atoms with Crippen LogP contribution in [-0.4, -0.2) is 101 Å². The number of likely N-dealkylation sites (tertiary alicyclic amines) is 1. The van der Waals surface area contributed by atoms with Gasteiger partial charge in [0.05, 0.1) is 35.7 Å². The number of aromatic nitrogens is 3. The van der Waals surface area contributed by atoms with Crippen molar-refractivity contribution in [2.75, 3.05) is 51.3 Å². The first-order valence-corrected chi connectivity index (χ1v) is 22.1. The second-order valence-electron chi connectivity index (χ2n) is 16.7. The molecule has 0 saturated carbocycles. The van der Waals surface area contributed by atoms with Gasteiger partial charge in [-0.25, -0.2) is 14.1 Å². The molecule has 2 amide bonds. The molecule has 3 N–H and O–H groups in total. The molecule has 12 nitrogen and oxygen atoms in total. The molecule has 0 spiro atoms. The molecule has 0 aliphatic carbocycles. The van der Waals surface area contributed by atoms with E-state index in [-0.39, 0.29) is 30.3 Å². The summed E-state index contributed by atoms with van der Waals surface area (Å²) in [5.41, 5.74) is 8.13. The second-order valence-corrected chi connectivity index (χ2v) is 16.7. The van der Waals surface area contributed by atoms with Crippen LogP contribution in [0.5, 0.6) is 0 Å². The number of amides is 2. The maximum Gasteiger partial charge on any atom is 0.253 e. The molecule has 2 aromatic heterocycles. The predicted octanol–water partition coefficient (Wildman–Crippen LogP) is 6.96. The number of rotatable bonds is 14. The molecule has 8 rings (SSSR count). The quantitative estimate of drug-likeness (QED) is 0.109. The summed E-state index contributed by atoms with van der Waals surface area (Å²) in [6, 6.07) is 20.6. The van der Waals surface area contributed by atoms with Crippen molar-refractivity contribution in [3.8, 4) is 11.1 Å². The van der Waals surface area contributed by atoms with Gasteiger partial charge in [-0.1, -0.05) is 37.3 Å². The first-order valence-electron chi connectivity index (χ1n) is 22.1. The standard InChI is InChI=1S/C48H59FN8O4/c1-4-44-42(45(53-38-16-22-60-23-17-38)41-28-52-57(5-2)46(41)54-44)31-61-39-14-19-56(20-15-39)48(59)37-11-7-10-36(26-37)47(58)51-27-33-12-13-43(49)40(25-33)35-9-6-8-34(24-35)30-55-21-18-50-32(3)29-55/h6-13,24-26,28,32,38-39,50H,4-5,14-23,27,29-31H2,1-3H3,(H,51,58)(H,53,54)/t32-/m0/s1. The molecule has 1 atom stereocenters. The Balaban J connectivity index is 0.863. The van der Waals surface area contributed by atoms with E-state index in [4.69, 9.17) is 14.5 Å². The van der Waals surface area contributed by atoms with Gasteiger partial charge in [-0.05, 0) is 99.0 Å². The molecule has 322 valence electrons. The van der Waals surface area contributed by atoms with Crippen LogP contribution < -0.4 is 16.0 Å². The fourth-order valence-electron chi connectivity index (χ4n) is 8.91. The van der Waals surface area contributed by atoms with Crippen molar-refractivity contribution in [1.82, 2.24) is 35.2 Å². The lowest BCUT2D eigenvalue weighted by Gasteiger charge is -2.32. The predicted molar refractivity (Wildman–Crippen MR) is 236 cm³/mol. The summed E-state index contributed by atoms with van der Waals surface area (Å²) in [7, 11) is 0. The number of benzene rings is 3. The molecule has 5 heterocycles. The topological polar surface area (TPSA) is 126 Å². The zero-order valence-electron chi connectivity index (χ0n) is 35.7. The molecular weight excluding hydrogens is 772 g/mol. The minimum absolute atomic E-state index is 0.00646. The highest BCUT2D eigenvalue weighted by atomic mass is 19.1. The maximum absolute atomic E-state index is 15.2. The number of pyridine rings is 1. The van der Waals surface area contributed by atoms with Gasteiger partial charge in [0.2, 0.25) is 0 Å². The highest BCUT2D eigenvalue weighted by Gasteiger charge is 2.27. The lowest BCUT2D eigenvalue weighted by molar-refractivity contribution is -0.000497. The number of anilines is 1. The molecule has 0 radical (unpaired) electrons. The van der Waals surface area contributed by atoms with Crippen molar-refractivity contribution in [2.24, 2.45) is 0 Å². The van der Waals surface area contributed by atoms with E-state index in [9.17, 15) is 9.59 Å². The van der Waals surface area contributed by atoms with Crippen LogP contribution in [0.15, 0.2) is 72.9 Å². The molecule has 0 unspecified atom stereocenters. The minimum Gasteiger partial charge on any atom is -0.381 e. The van der Waals surface area contributed by atoms with E-state index < -0.39 is 0 Å². The summed E-state index contributed by atoms with van der Waals surface area (Å²) in [5, 5.41) is 15.9. The summed E-state index contributed by atoms with van der Waals surface area (Å²) < 4.78 is 29.4. The number of aryl methyl sites for hydroxylation is 2. The molecule has 13 heteroatoms. The van der Waals surface area contributed by atoms with Crippen molar-refractivity contribution in [2.45, 2.75) is 97.3 Å². The Kier molecular flexibility index (Phi) is 13.7. The Hall–Kier alpha value is -5.21. The summed E-state index contributed by atoms with van der Waals surface area (Å²) in [4.78, 5) is 36.4. The number of ether oxygens (including phenoxy) is 2. The zero-order chi connectivity index (χ0) is 42.3. The number of halogens is 1. The summed E-state index contributed by atoms with van der Waals surface area (Å²) in [6.07, 6.45) is 5.98. The highest BCUT2D eigenvalue weighted by Crippen LogP contribution is 2.33. The Morgan fingerprint density at radius 1 is 0.951 bits per heavy atom. The van der Waals surface area contributed by atoms with Gasteiger partial charge >= 0.3 is 0 Å². The van der Waals surface area contributed by atoms with Crippen molar-refractivity contribution in [3.05, 3.63) is 112 Å². The molecule has 3 saturated heterocycles. The molecule has 3 aliphatic heterocycles. The lowest BCUT2D eigenvalue weighted by atomic mass is 10.00. The summed E-state index contributed by atoms with van der Waals surface area (Å²) in [6.45, 7) is 14.1. The average molecular weight is 831 g/mol. The third-order valence-electron chi connectivity index (χ3n) is 12.3. The van der Waals surface area contributed by atoms with E-state index in [1.165, 1.54) is 6.07 Å². The van der Waals surface area contributed by atoms with E-state index in [1.54, 1.807) is 36.4 Å². The minimum atomic E-state index is -0.307. The first kappa shape index (κ1) is 42.5. The molecular formula is C48H59FN8O4. The van der Waals surface area contributed by atoms with E-state index in [0.29, 0.717) is 61.3 Å². The SMILES string of the molecule is CCc1nc2c(cnn2CC)c(NC2CCOCC2)c1COC1CCN(C(=O)c2cccc(C(=O)NCc3ccc(F)c(-c4cccc(CN5CCN[C@@H](C)C5)c4)c3)c2)CC1. The Morgan fingerprint density at radius 3 is 2.54 bits per heavy atom. The van der Waals surface area contributed by atoms with Gasteiger partial charge in [-0.15, -0.1) is 0 Å². The van der Waals surface area contributed by atoms with Gasteiger partial charge in [-0.3, -0.25) is 14.5 Å². The number of carbonyl (C=O) groups excluding carboxylic acids is 2. The maximum atomic E-state index is 15.2. The van der Waals surface area contributed by atoms with Gasteiger partial charge in [0.25, 0.3) is 11.8 Å². The van der Waals surface area contributed by atoms with Crippen LogP contribution in [-0.2, 0) is 42.1 Å². The third-order valence-corrected chi connectivity index (χ3v) is 12.3. The second kappa shape index (κ2) is 19.7. The fraction of sp³-hybridized carbons (Fsp3) is 0.458. The number of fused-ring (bicyclic) bond motifs is 1. The van der Waals surface area contributed by atoms with Crippen LogP contribution in [0.25, 0.3) is 22.2 Å². The van der Waals surface area contributed by atoms with Crippen molar-refractivity contribution in [3.63, 3.8) is 0 Å². The lowest BCUT2D eigenvalue weighted by Crippen LogP contribution is -2.48. The molecule has 61 heavy (non-hydrogen) atoms. The summed E-state index contributed by atoms with van der Waals surface area (Å²) in [5.74, 6) is -0.714. The summed E-state index contributed by atoms with van der Waals surface area (Å²) >= 11 is 0. The van der Waals surface area contributed by atoms with E-state index in [2.05, 4.69) is 58.9 Å². The van der Waals surface area contributed by atoms with E-state index in [0.717, 1.165) is 110 Å². The third kappa shape index (κ3) is 10.1. The van der Waals surface area contributed by atoms with Crippen molar-refractivity contribution in [1.29, 1.82) is 0 Å². The van der Waals surface area contributed by atoms with E-state index in [1.807, 2.05) is 27.9 Å². The highest BCUT2D eigenvalue weighted by molar-refractivity contribution is 5.99. The van der Waals surface area contributed by atoms with Crippen LogP contribution in [0, 0.1) is 5.82 Å². The van der Waals surface area contributed by atoms with Gasteiger partial charge in [-0.2, -0.15) is 5.10 Å². The molecule has 3 aromatic carbocycles. The Morgan fingerprint density at radius 2 is 1.75 bits per heavy atom. The largest absolute Gasteiger partial charge is 0.381 e. The zero-order valence-corrected chi connectivity index (χ0v) is 35.7. The Labute approximate surface area is 358 Å². The van der Waals surface area contributed by atoms with Crippen LogP contribution >= 0.6 is 0 Å². The average Bonchev–Trinajstić information content (AvgIpc) is 3.71. The van der Waals surface area contributed by atoms with Crippen LogP contribution in [0.4, 0.5) is 10.1 Å². The number of piperidine rings is 1. The number of hydrogen-bond donors (Lipinski definition) is 3. The molecule has 3 aliphatic rings. The number of nitrogens with zero attached hydrogens (tertiary/aromatic N) is 5. The van der Waals surface area contributed by atoms with Crippen LogP contribution in [0.3, 0.4) is 0 Å². The first-order chi connectivity index (χ1) is 29.8. The van der Waals surface area contributed by atoms with Crippen molar-refractivity contribution < 1.29 is 23.5 Å². The number of piperazine rings is 1. The monoisotopic (exact) mass is 830 g/mol. The van der Waals surface area contributed by atoms with Gasteiger partial charge in [0, 0.05) is 99.9 Å². The van der Waals surface area contributed by atoms with Crippen LogP contribution in [0.1, 0.15) is 89.6 Å². The molecule has 0 bridgehead atoms. The smallest absolute Gasteiger partial charge is 0.253 e. The van der Waals surface area contributed by atoms with Crippen LogP contribution in [0.2, 0.25) is 0 Å². The number of hydrogen-bond acceptors (Lipinski definition) is 9. The Bertz CT molecular complexity index is 2320.